The Balaban J connectivity index is 1.65. The molecule has 6 heteroatoms. The molecule has 5 nitrogen and oxygen atoms in total. The molecule has 1 atom stereocenters. The molecule has 0 aromatic heterocycles. The molecule has 2 aromatic carbocycles. The van der Waals surface area contributed by atoms with Gasteiger partial charge in [0, 0.05) is 12.2 Å². The van der Waals surface area contributed by atoms with Gasteiger partial charge < -0.3 is 15.3 Å². The summed E-state index contributed by atoms with van der Waals surface area (Å²) < 4.78 is 12.9. The van der Waals surface area contributed by atoms with E-state index in [1.807, 2.05) is 24.3 Å². The van der Waals surface area contributed by atoms with E-state index >= 15 is 0 Å². The van der Waals surface area contributed by atoms with Crippen molar-refractivity contribution >= 4 is 17.5 Å². The van der Waals surface area contributed by atoms with Gasteiger partial charge in [-0.15, -0.1) is 0 Å². The molecule has 1 heterocycles. The predicted molar refractivity (Wildman–Crippen MR) is 91.6 cm³/mol. The highest BCUT2D eigenvalue weighted by atomic mass is 19.1. The van der Waals surface area contributed by atoms with Gasteiger partial charge in [0.25, 0.3) is 5.91 Å². The number of hydrogen-bond acceptors (Lipinski definition) is 3. The number of carbonyl (C=O) groups excluding carboxylic acids is 2. The average Bonchev–Trinajstić information content (AvgIpc) is 3.05. The third-order valence-corrected chi connectivity index (χ3v) is 4.25. The lowest BCUT2D eigenvalue weighted by Gasteiger charge is -2.23. The summed E-state index contributed by atoms with van der Waals surface area (Å²) in [7, 11) is 0. The molecule has 0 bridgehead atoms. The fourth-order valence-electron chi connectivity index (χ4n) is 2.97. The molecular weight excluding hydrogens is 323 g/mol. The van der Waals surface area contributed by atoms with Crippen LogP contribution in [-0.2, 0) is 22.4 Å². The summed E-state index contributed by atoms with van der Waals surface area (Å²) in [5.41, 5.74) is 2.53. The minimum atomic E-state index is -1.00. The lowest BCUT2D eigenvalue weighted by Crippen LogP contribution is -2.50. The van der Waals surface area contributed by atoms with Crippen LogP contribution in [0, 0.1) is 5.82 Å². The summed E-state index contributed by atoms with van der Waals surface area (Å²) in [6.45, 7) is 0.0508. The number of nitrogens with one attached hydrogen (secondary N) is 1. The highest BCUT2D eigenvalue weighted by molar-refractivity contribution is 6.00. The van der Waals surface area contributed by atoms with Crippen molar-refractivity contribution in [3.63, 3.8) is 0 Å². The SMILES string of the molecule is O=C(Cc1ccc(F)cc1)N[C@@H](CO)C(=O)N1CCc2ccccc21. The largest absolute Gasteiger partial charge is 0.394 e. The molecule has 2 N–H and O–H groups in total. The number of rotatable bonds is 5. The van der Waals surface area contributed by atoms with Crippen molar-refractivity contribution in [2.45, 2.75) is 18.9 Å². The number of fused-ring (bicyclic) bond motifs is 1. The van der Waals surface area contributed by atoms with E-state index in [0.29, 0.717) is 12.1 Å². The number of aliphatic hydroxyl groups excluding tert-OH is 1. The number of hydrogen-bond donors (Lipinski definition) is 2. The number of halogens is 1. The number of para-hydroxylation sites is 1. The molecule has 0 radical (unpaired) electrons. The van der Waals surface area contributed by atoms with Gasteiger partial charge in [0.1, 0.15) is 11.9 Å². The molecule has 0 saturated heterocycles. The Morgan fingerprint density at radius 2 is 1.88 bits per heavy atom. The molecule has 0 fully saturated rings. The molecule has 1 aliphatic rings. The molecule has 2 amide bonds. The number of anilines is 1. The average molecular weight is 342 g/mol. The van der Waals surface area contributed by atoms with E-state index in [1.165, 1.54) is 24.3 Å². The fraction of sp³-hybridized carbons (Fsp3) is 0.263. The van der Waals surface area contributed by atoms with E-state index in [0.717, 1.165) is 17.7 Å². The monoisotopic (exact) mass is 342 g/mol. The Labute approximate surface area is 145 Å². The van der Waals surface area contributed by atoms with Crippen molar-refractivity contribution in [1.29, 1.82) is 0 Å². The van der Waals surface area contributed by atoms with Gasteiger partial charge in [0.05, 0.1) is 13.0 Å². The summed E-state index contributed by atoms with van der Waals surface area (Å²) in [6.07, 6.45) is 0.768. The second kappa shape index (κ2) is 7.44. The maximum Gasteiger partial charge on any atom is 0.251 e. The van der Waals surface area contributed by atoms with E-state index in [2.05, 4.69) is 5.32 Å². The van der Waals surface area contributed by atoms with Gasteiger partial charge in [-0.2, -0.15) is 0 Å². The Morgan fingerprint density at radius 1 is 1.16 bits per heavy atom. The van der Waals surface area contributed by atoms with Crippen molar-refractivity contribution in [3.8, 4) is 0 Å². The second-order valence-corrected chi connectivity index (χ2v) is 5.97. The van der Waals surface area contributed by atoms with Crippen LogP contribution < -0.4 is 10.2 Å². The maximum atomic E-state index is 12.9. The van der Waals surface area contributed by atoms with Crippen LogP contribution in [0.1, 0.15) is 11.1 Å². The molecule has 0 unspecified atom stereocenters. The predicted octanol–water partition coefficient (Wildman–Crippen LogP) is 1.43. The molecule has 25 heavy (non-hydrogen) atoms. The Hall–Kier alpha value is -2.73. The molecule has 130 valence electrons. The first-order valence-electron chi connectivity index (χ1n) is 8.12. The maximum absolute atomic E-state index is 12.9. The standard InChI is InChI=1S/C19H19FN2O3/c20-15-7-5-13(6-8-15)11-18(24)21-16(12-23)19(25)22-10-9-14-3-1-2-4-17(14)22/h1-8,16,23H,9-12H2,(H,21,24)/t16-/m0/s1. The summed E-state index contributed by atoms with van der Waals surface area (Å²) >= 11 is 0. The van der Waals surface area contributed by atoms with Crippen LogP contribution in [0.15, 0.2) is 48.5 Å². The van der Waals surface area contributed by atoms with Gasteiger partial charge in [-0.1, -0.05) is 30.3 Å². The van der Waals surface area contributed by atoms with E-state index in [1.54, 1.807) is 4.90 Å². The van der Waals surface area contributed by atoms with Crippen LogP contribution in [0.2, 0.25) is 0 Å². The number of nitrogens with zero attached hydrogens (tertiary/aromatic N) is 1. The van der Waals surface area contributed by atoms with Crippen LogP contribution in [0.4, 0.5) is 10.1 Å². The summed E-state index contributed by atoms with van der Waals surface area (Å²) in [5, 5.41) is 12.1. The summed E-state index contributed by atoms with van der Waals surface area (Å²) in [5.74, 6) is -1.10. The molecule has 0 saturated carbocycles. The lowest BCUT2D eigenvalue weighted by atomic mass is 10.1. The zero-order valence-corrected chi connectivity index (χ0v) is 13.6. The van der Waals surface area contributed by atoms with Crippen molar-refractivity contribution in [1.82, 2.24) is 5.32 Å². The lowest BCUT2D eigenvalue weighted by molar-refractivity contribution is -0.128. The number of carbonyl (C=O) groups is 2. The number of aliphatic hydroxyl groups is 1. The summed E-state index contributed by atoms with van der Waals surface area (Å²) in [6, 6.07) is 12.2. The Morgan fingerprint density at radius 3 is 2.60 bits per heavy atom. The fourth-order valence-corrected chi connectivity index (χ4v) is 2.97. The van der Waals surface area contributed by atoms with Crippen LogP contribution in [-0.4, -0.2) is 36.1 Å². The van der Waals surface area contributed by atoms with Gasteiger partial charge in [-0.05, 0) is 35.7 Å². The Kier molecular flexibility index (Phi) is 5.09. The smallest absolute Gasteiger partial charge is 0.251 e. The molecule has 1 aliphatic heterocycles. The number of benzene rings is 2. The first-order chi connectivity index (χ1) is 12.1. The van der Waals surface area contributed by atoms with Gasteiger partial charge >= 0.3 is 0 Å². The van der Waals surface area contributed by atoms with Gasteiger partial charge in [-0.3, -0.25) is 9.59 Å². The Bertz CT molecular complexity index is 776. The van der Waals surface area contributed by atoms with Crippen molar-refractivity contribution < 1.29 is 19.1 Å². The van der Waals surface area contributed by atoms with Crippen LogP contribution >= 0.6 is 0 Å². The highest BCUT2D eigenvalue weighted by Gasteiger charge is 2.30. The van der Waals surface area contributed by atoms with E-state index in [4.69, 9.17) is 0 Å². The minimum Gasteiger partial charge on any atom is -0.394 e. The molecule has 0 aliphatic carbocycles. The van der Waals surface area contributed by atoms with E-state index in [-0.39, 0.29) is 18.1 Å². The van der Waals surface area contributed by atoms with Crippen LogP contribution in [0.25, 0.3) is 0 Å². The normalized spacial score (nSPS) is 14.1. The summed E-state index contributed by atoms with van der Waals surface area (Å²) in [4.78, 5) is 26.4. The van der Waals surface area contributed by atoms with Crippen molar-refractivity contribution in [2.24, 2.45) is 0 Å². The minimum absolute atomic E-state index is 0.0145. The molecule has 2 aromatic rings. The molecular formula is C19H19FN2O3. The van der Waals surface area contributed by atoms with Crippen molar-refractivity contribution in [3.05, 3.63) is 65.5 Å². The van der Waals surface area contributed by atoms with E-state index < -0.39 is 18.6 Å². The van der Waals surface area contributed by atoms with Crippen LogP contribution in [0.3, 0.4) is 0 Å². The third-order valence-electron chi connectivity index (χ3n) is 4.25. The number of amides is 2. The van der Waals surface area contributed by atoms with Gasteiger partial charge in [0.15, 0.2) is 0 Å². The zero-order valence-electron chi connectivity index (χ0n) is 13.6. The van der Waals surface area contributed by atoms with Gasteiger partial charge in [-0.25, -0.2) is 4.39 Å². The van der Waals surface area contributed by atoms with Gasteiger partial charge in [0.2, 0.25) is 5.91 Å². The quantitative estimate of drug-likeness (QED) is 0.864. The second-order valence-electron chi connectivity index (χ2n) is 5.97. The molecule has 3 rings (SSSR count). The third kappa shape index (κ3) is 3.85. The first-order valence-corrected chi connectivity index (χ1v) is 8.12. The zero-order chi connectivity index (χ0) is 17.8. The van der Waals surface area contributed by atoms with Crippen LogP contribution in [0.5, 0.6) is 0 Å². The van der Waals surface area contributed by atoms with Crippen molar-refractivity contribution in [2.75, 3.05) is 18.1 Å². The topological polar surface area (TPSA) is 69.6 Å². The molecule has 0 spiro atoms. The van der Waals surface area contributed by atoms with E-state index in [9.17, 15) is 19.1 Å². The highest BCUT2D eigenvalue weighted by Crippen LogP contribution is 2.27. The first kappa shape index (κ1) is 17.1.